The van der Waals surface area contributed by atoms with Crippen LogP contribution in [0.3, 0.4) is 0 Å². The summed E-state index contributed by atoms with van der Waals surface area (Å²) in [5, 5.41) is 0. The molecule has 0 N–H and O–H groups in total. The van der Waals surface area contributed by atoms with Crippen molar-refractivity contribution in [3.8, 4) is 0 Å². The number of hydrogen-bond acceptors (Lipinski definition) is 9. The second-order valence-electron chi connectivity index (χ2n) is 5.06. The summed E-state index contributed by atoms with van der Waals surface area (Å²) < 4.78 is 29.6. The Balaban J connectivity index is -0.0000000817. The van der Waals surface area contributed by atoms with E-state index in [4.69, 9.17) is 0 Å². The van der Waals surface area contributed by atoms with Gasteiger partial charge < -0.3 is 43.1 Å². The summed E-state index contributed by atoms with van der Waals surface area (Å²) in [6, 6.07) is 0. The van der Waals surface area contributed by atoms with Crippen molar-refractivity contribution in [3.05, 3.63) is 0 Å². The molecule has 0 radical (unpaired) electrons. The van der Waals surface area contributed by atoms with Crippen molar-refractivity contribution in [1.82, 2.24) is 0 Å². The van der Waals surface area contributed by atoms with Crippen LogP contribution in [0.4, 0.5) is 0 Å². The van der Waals surface area contributed by atoms with Crippen LogP contribution in [0, 0.1) is 0 Å². The standard InChI is InChI=1S/3C4H11O3P.2Al/c3*1-2-3-4-8(5,6)7;;/h3*2-4H2,1H3,(H2,5,6,7);;/q;;;2*+3/p-6. The number of rotatable bonds is 9. The monoisotopic (exact) mass is 462 g/mol. The van der Waals surface area contributed by atoms with Crippen LogP contribution in [-0.2, 0) is 13.7 Å². The Bertz CT molecular complexity index is 358. The first-order valence-corrected chi connectivity index (χ1v) is 12.9. The van der Waals surface area contributed by atoms with Gasteiger partial charge in [0.15, 0.2) is 0 Å². The van der Waals surface area contributed by atoms with E-state index < -0.39 is 22.8 Å². The molecule has 0 saturated heterocycles. The molecule has 26 heavy (non-hydrogen) atoms. The maximum absolute atomic E-state index is 9.86. The van der Waals surface area contributed by atoms with Crippen LogP contribution in [0.15, 0.2) is 0 Å². The Morgan fingerprint density at radius 2 is 0.654 bits per heavy atom. The van der Waals surface area contributed by atoms with Crippen LogP contribution in [0.5, 0.6) is 0 Å². The van der Waals surface area contributed by atoms with Crippen molar-refractivity contribution in [1.29, 1.82) is 0 Å². The normalized spacial score (nSPS) is 11.0. The van der Waals surface area contributed by atoms with Crippen molar-refractivity contribution in [2.24, 2.45) is 0 Å². The molecule has 0 aromatic carbocycles. The fourth-order valence-electron chi connectivity index (χ4n) is 1.06. The first-order chi connectivity index (χ1) is 10.7. The van der Waals surface area contributed by atoms with Gasteiger partial charge in [-0.05, 0) is 37.7 Å². The average molecular weight is 462 g/mol. The van der Waals surface area contributed by atoms with Crippen molar-refractivity contribution in [2.75, 3.05) is 18.5 Å². The molecule has 0 aromatic heterocycles. The molecule has 0 aliphatic carbocycles. The molecule has 0 amide bonds. The molecular weight excluding hydrogens is 435 g/mol. The fraction of sp³-hybridized carbons (Fsp3) is 1.00. The SMILES string of the molecule is CCCCP(=O)([O-])[O-].CCCCP(=O)([O-])[O-].CCCCP(=O)([O-])[O-].[Al+3].[Al+3]. The zero-order valence-electron chi connectivity index (χ0n) is 15.5. The molecule has 14 heteroatoms. The molecular formula is C12H27Al2O9P3. The predicted octanol–water partition coefficient (Wildman–Crippen LogP) is -1.66. The Morgan fingerprint density at radius 1 is 0.500 bits per heavy atom. The summed E-state index contributed by atoms with van der Waals surface area (Å²) in [5.74, 6) is 0. The van der Waals surface area contributed by atoms with Gasteiger partial charge in [0.2, 0.25) is 0 Å². The second-order valence-corrected chi connectivity index (χ2v) is 10.1. The van der Waals surface area contributed by atoms with E-state index in [0.29, 0.717) is 19.3 Å². The minimum absolute atomic E-state index is 0. The molecule has 0 aromatic rings. The molecule has 0 saturated carbocycles. The molecule has 0 spiro atoms. The molecule has 0 rings (SSSR count). The Kier molecular flexibility index (Phi) is 31.2. The Labute approximate surface area is 178 Å². The van der Waals surface area contributed by atoms with Gasteiger partial charge >= 0.3 is 34.7 Å². The van der Waals surface area contributed by atoms with Crippen LogP contribution in [0.1, 0.15) is 59.3 Å². The van der Waals surface area contributed by atoms with Crippen LogP contribution in [0.2, 0.25) is 0 Å². The van der Waals surface area contributed by atoms with Gasteiger partial charge in [-0.15, -0.1) is 0 Å². The topological polar surface area (TPSA) is 190 Å². The Hall–Kier alpha value is 1.51. The summed E-state index contributed by atoms with van der Waals surface area (Å²) in [4.78, 5) is 59.2. The van der Waals surface area contributed by atoms with E-state index in [9.17, 15) is 43.1 Å². The van der Waals surface area contributed by atoms with Crippen molar-refractivity contribution in [2.45, 2.75) is 59.3 Å². The minimum atomic E-state index is -4.18. The van der Waals surface area contributed by atoms with E-state index in [1.807, 2.05) is 20.8 Å². The largest absolute Gasteiger partial charge is 3.00 e. The predicted molar refractivity (Wildman–Crippen MR) is 93.7 cm³/mol. The molecule has 0 atom stereocenters. The van der Waals surface area contributed by atoms with Gasteiger partial charge in [-0.25, -0.2) is 0 Å². The van der Waals surface area contributed by atoms with E-state index >= 15 is 0 Å². The first-order valence-electron chi connectivity index (χ1n) is 7.71. The quantitative estimate of drug-likeness (QED) is 0.285. The van der Waals surface area contributed by atoms with Gasteiger partial charge in [0.1, 0.15) is 0 Å². The van der Waals surface area contributed by atoms with Crippen LogP contribution in [0.25, 0.3) is 0 Å². The third kappa shape index (κ3) is 56.2. The summed E-state index contributed by atoms with van der Waals surface area (Å²) in [6.07, 6.45) is 3.17. The van der Waals surface area contributed by atoms with Crippen molar-refractivity contribution < 1.29 is 43.1 Å². The smallest absolute Gasteiger partial charge is 0.811 e. The zero-order valence-corrected chi connectivity index (χ0v) is 20.5. The summed E-state index contributed by atoms with van der Waals surface area (Å²) in [6.45, 7) is 5.53. The third-order valence-electron chi connectivity index (χ3n) is 2.36. The molecule has 0 aliphatic heterocycles. The second kappa shape index (κ2) is 21.2. The molecule has 0 bridgehead atoms. The van der Waals surface area contributed by atoms with Crippen LogP contribution < -0.4 is 29.4 Å². The van der Waals surface area contributed by atoms with E-state index in [1.165, 1.54) is 0 Å². The molecule has 0 unspecified atom stereocenters. The maximum atomic E-state index is 9.86. The van der Waals surface area contributed by atoms with E-state index in [1.54, 1.807) is 0 Å². The molecule has 150 valence electrons. The summed E-state index contributed by atoms with van der Waals surface area (Å²) in [7, 11) is -12.5. The van der Waals surface area contributed by atoms with E-state index in [2.05, 4.69) is 0 Å². The minimum Gasteiger partial charge on any atom is -0.811 e. The third-order valence-corrected chi connectivity index (χ3v) is 4.95. The van der Waals surface area contributed by atoms with Crippen LogP contribution in [-0.4, -0.2) is 53.2 Å². The van der Waals surface area contributed by atoms with Gasteiger partial charge in [-0.2, -0.15) is 0 Å². The van der Waals surface area contributed by atoms with Crippen LogP contribution >= 0.6 is 22.8 Å². The van der Waals surface area contributed by atoms with Gasteiger partial charge in [0.05, 0.1) is 0 Å². The molecule has 0 aliphatic rings. The zero-order chi connectivity index (χ0) is 19.9. The maximum Gasteiger partial charge on any atom is 3.00 e. The van der Waals surface area contributed by atoms with Gasteiger partial charge in [0, 0.05) is 0 Å². The average Bonchev–Trinajstić information content (AvgIpc) is 2.39. The molecule has 9 nitrogen and oxygen atoms in total. The molecule has 0 heterocycles. The Morgan fingerprint density at radius 3 is 0.692 bits per heavy atom. The van der Waals surface area contributed by atoms with E-state index in [-0.39, 0.29) is 53.2 Å². The summed E-state index contributed by atoms with van der Waals surface area (Å²) in [5.41, 5.74) is 0. The van der Waals surface area contributed by atoms with E-state index in [0.717, 1.165) is 19.3 Å². The van der Waals surface area contributed by atoms with Crippen molar-refractivity contribution in [3.63, 3.8) is 0 Å². The summed E-state index contributed by atoms with van der Waals surface area (Å²) >= 11 is 0. The molecule has 0 fully saturated rings. The van der Waals surface area contributed by atoms with Gasteiger partial charge in [-0.1, -0.05) is 62.8 Å². The fourth-order valence-corrected chi connectivity index (χ4v) is 3.17. The van der Waals surface area contributed by atoms with Crippen molar-refractivity contribution >= 4 is 57.5 Å². The van der Waals surface area contributed by atoms with Gasteiger partial charge in [0.25, 0.3) is 0 Å². The first kappa shape index (κ1) is 38.2. The van der Waals surface area contributed by atoms with Gasteiger partial charge in [-0.3, -0.25) is 0 Å². The number of hydrogen-bond donors (Lipinski definition) is 0. The number of unbranched alkanes of at least 4 members (excludes halogenated alkanes) is 3.